The Morgan fingerprint density at radius 1 is 1.17 bits per heavy atom. The smallest absolute Gasteiger partial charge is 0.224 e. The van der Waals surface area contributed by atoms with E-state index in [4.69, 9.17) is 5.73 Å². The van der Waals surface area contributed by atoms with Gasteiger partial charge < -0.3 is 10.6 Å². The number of piperidine rings is 1. The van der Waals surface area contributed by atoms with E-state index in [0.29, 0.717) is 11.8 Å². The van der Waals surface area contributed by atoms with Crippen molar-refractivity contribution in [2.45, 2.75) is 64.3 Å². The minimum absolute atomic E-state index is 0. The summed E-state index contributed by atoms with van der Waals surface area (Å²) in [4.78, 5) is 14.0. The fraction of sp³-hybridized carbons (Fsp3) is 0.929. The van der Waals surface area contributed by atoms with Gasteiger partial charge in [-0.1, -0.05) is 19.3 Å². The zero-order chi connectivity index (χ0) is 12.3. The molecule has 1 aliphatic heterocycles. The van der Waals surface area contributed by atoms with Gasteiger partial charge in [0.15, 0.2) is 0 Å². The molecule has 1 saturated carbocycles. The summed E-state index contributed by atoms with van der Waals surface area (Å²) in [5, 5.41) is 0. The molecule has 2 N–H and O–H groups in total. The average molecular weight is 275 g/mol. The normalized spacial score (nSPS) is 24.4. The molecule has 106 valence electrons. The number of carbonyl (C=O) groups excluding carboxylic acids is 1. The maximum Gasteiger partial charge on any atom is 0.224 e. The van der Waals surface area contributed by atoms with Gasteiger partial charge >= 0.3 is 0 Å². The van der Waals surface area contributed by atoms with Crippen molar-refractivity contribution >= 4 is 18.3 Å². The van der Waals surface area contributed by atoms with Gasteiger partial charge in [0.1, 0.15) is 0 Å². The number of carbonyl (C=O) groups is 1. The monoisotopic (exact) mass is 274 g/mol. The number of rotatable bonds is 2. The predicted octanol–water partition coefficient (Wildman–Crippen LogP) is 2.72. The van der Waals surface area contributed by atoms with Crippen molar-refractivity contribution in [3.05, 3.63) is 0 Å². The number of halogens is 1. The van der Waals surface area contributed by atoms with Gasteiger partial charge in [-0.05, 0) is 38.0 Å². The van der Waals surface area contributed by atoms with Gasteiger partial charge in [0.2, 0.25) is 5.91 Å². The van der Waals surface area contributed by atoms with E-state index < -0.39 is 0 Å². The summed E-state index contributed by atoms with van der Waals surface area (Å²) in [5.41, 5.74) is 6.28. The van der Waals surface area contributed by atoms with E-state index in [2.05, 4.69) is 0 Å². The van der Waals surface area contributed by atoms with Gasteiger partial charge in [-0.15, -0.1) is 12.4 Å². The summed E-state index contributed by atoms with van der Waals surface area (Å²) in [7, 11) is 0. The third kappa shape index (κ3) is 3.86. The number of nitrogens with zero attached hydrogens (tertiary/aromatic N) is 1. The highest BCUT2D eigenvalue weighted by Crippen LogP contribution is 2.44. The fourth-order valence-electron chi connectivity index (χ4n) is 3.44. The third-order valence-electron chi connectivity index (χ3n) is 4.59. The molecule has 1 unspecified atom stereocenters. The summed E-state index contributed by atoms with van der Waals surface area (Å²) < 4.78 is 0. The fourth-order valence-corrected chi connectivity index (χ4v) is 3.44. The lowest BCUT2D eigenvalue weighted by atomic mass is 9.68. The summed E-state index contributed by atoms with van der Waals surface area (Å²) in [5.74, 6) is 0.255. The number of likely N-dealkylation sites (tertiary alicyclic amines) is 1. The summed E-state index contributed by atoms with van der Waals surface area (Å²) >= 11 is 0. The minimum atomic E-state index is -0.00642. The first-order chi connectivity index (χ1) is 8.11. The molecule has 1 heterocycles. The van der Waals surface area contributed by atoms with Crippen LogP contribution in [0.15, 0.2) is 0 Å². The molecule has 1 amide bonds. The van der Waals surface area contributed by atoms with Crippen LogP contribution in [0.1, 0.15) is 58.3 Å². The second kappa shape index (κ2) is 6.76. The van der Waals surface area contributed by atoms with E-state index in [0.717, 1.165) is 13.1 Å². The lowest BCUT2D eigenvalue weighted by Crippen LogP contribution is -2.45. The van der Waals surface area contributed by atoms with Crippen LogP contribution >= 0.6 is 12.4 Å². The van der Waals surface area contributed by atoms with Crippen molar-refractivity contribution in [1.29, 1.82) is 0 Å². The Labute approximate surface area is 117 Å². The van der Waals surface area contributed by atoms with Crippen LogP contribution in [0.2, 0.25) is 0 Å². The van der Waals surface area contributed by atoms with Crippen LogP contribution in [-0.2, 0) is 4.79 Å². The van der Waals surface area contributed by atoms with Gasteiger partial charge in [-0.25, -0.2) is 0 Å². The van der Waals surface area contributed by atoms with Crippen LogP contribution in [0.3, 0.4) is 0 Å². The van der Waals surface area contributed by atoms with Gasteiger partial charge in [0.05, 0.1) is 0 Å². The molecule has 0 bridgehead atoms. The molecule has 3 nitrogen and oxygen atoms in total. The van der Waals surface area contributed by atoms with Crippen LogP contribution in [0.5, 0.6) is 0 Å². The zero-order valence-electron chi connectivity index (χ0n) is 11.5. The predicted molar refractivity (Wildman–Crippen MR) is 76.8 cm³/mol. The molecule has 2 aliphatic rings. The lowest BCUT2D eigenvalue weighted by Gasteiger charge is -2.44. The van der Waals surface area contributed by atoms with Crippen molar-refractivity contribution < 1.29 is 4.79 Å². The van der Waals surface area contributed by atoms with Crippen molar-refractivity contribution in [1.82, 2.24) is 4.90 Å². The van der Waals surface area contributed by atoms with Crippen LogP contribution < -0.4 is 5.73 Å². The maximum absolute atomic E-state index is 11.9. The molecular formula is C14H27ClN2O. The topological polar surface area (TPSA) is 46.3 Å². The van der Waals surface area contributed by atoms with Gasteiger partial charge in [0, 0.05) is 25.6 Å². The number of amides is 1. The molecule has 2 rings (SSSR count). The minimum Gasteiger partial charge on any atom is -0.343 e. The zero-order valence-corrected chi connectivity index (χ0v) is 12.3. The Bertz CT molecular complexity index is 265. The molecule has 1 aliphatic carbocycles. The van der Waals surface area contributed by atoms with Crippen molar-refractivity contribution in [3.63, 3.8) is 0 Å². The molecular weight excluding hydrogens is 248 g/mol. The number of hydrogen-bond acceptors (Lipinski definition) is 2. The first kappa shape index (κ1) is 15.8. The number of hydrogen-bond donors (Lipinski definition) is 1. The van der Waals surface area contributed by atoms with Crippen molar-refractivity contribution in [2.75, 3.05) is 13.1 Å². The molecule has 0 aromatic heterocycles. The Hall–Kier alpha value is -0.280. The highest BCUT2D eigenvalue weighted by molar-refractivity contribution is 5.85. The molecule has 0 radical (unpaired) electrons. The van der Waals surface area contributed by atoms with Crippen LogP contribution in [0.4, 0.5) is 0 Å². The molecule has 0 aromatic rings. The van der Waals surface area contributed by atoms with Gasteiger partial charge in [-0.3, -0.25) is 4.79 Å². The molecule has 2 fully saturated rings. The van der Waals surface area contributed by atoms with E-state index in [1.165, 1.54) is 44.9 Å². The second-order valence-corrected chi connectivity index (χ2v) is 6.12. The number of nitrogens with two attached hydrogens (primary N) is 1. The molecule has 18 heavy (non-hydrogen) atoms. The van der Waals surface area contributed by atoms with Gasteiger partial charge in [-0.2, -0.15) is 0 Å². The van der Waals surface area contributed by atoms with E-state index in [1.807, 2.05) is 11.8 Å². The third-order valence-corrected chi connectivity index (χ3v) is 4.59. The Balaban J connectivity index is 0.00000162. The SMILES string of the molecule is CC(N)CC(=O)N1CCC2(CCCCC2)CC1.Cl. The first-order valence-electron chi connectivity index (χ1n) is 7.15. The summed E-state index contributed by atoms with van der Waals surface area (Å²) in [6.45, 7) is 3.83. The first-order valence-corrected chi connectivity index (χ1v) is 7.15. The standard InChI is InChI=1S/C14H26N2O.ClH/c1-12(15)11-13(17)16-9-7-14(8-10-16)5-3-2-4-6-14;/h12H,2-11,15H2,1H3;1H. The van der Waals surface area contributed by atoms with E-state index in [-0.39, 0.29) is 24.4 Å². The van der Waals surface area contributed by atoms with Gasteiger partial charge in [0.25, 0.3) is 0 Å². The molecule has 1 saturated heterocycles. The summed E-state index contributed by atoms with van der Waals surface area (Å²) in [6.07, 6.45) is 9.93. The molecule has 0 aromatic carbocycles. The molecule has 1 atom stereocenters. The molecule has 1 spiro atoms. The van der Waals surface area contributed by atoms with Crippen LogP contribution in [-0.4, -0.2) is 29.9 Å². The van der Waals surface area contributed by atoms with E-state index in [9.17, 15) is 4.79 Å². The van der Waals surface area contributed by atoms with Crippen LogP contribution in [0.25, 0.3) is 0 Å². The van der Waals surface area contributed by atoms with Crippen molar-refractivity contribution in [2.24, 2.45) is 11.1 Å². The van der Waals surface area contributed by atoms with E-state index in [1.54, 1.807) is 0 Å². The maximum atomic E-state index is 11.9. The average Bonchev–Trinajstić information content (AvgIpc) is 2.30. The molecule has 4 heteroatoms. The Kier molecular flexibility index (Phi) is 5.93. The second-order valence-electron chi connectivity index (χ2n) is 6.12. The van der Waals surface area contributed by atoms with Crippen LogP contribution in [0, 0.1) is 5.41 Å². The highest BCUT2D eigenvalue weighted by atomic mass is 35.5. The highest BCUT2D eigenvalue weighted by Gasteiger charge is 2.36. The lowest BCUT2D eigenvalue weighted by molar-refractivity contribution is -0.134. The summed E-state index contributed by atoms with van der Waals surface area (Å²) in [6, 6.07) is -0.00642. The van der Waals surface area contributed by atoms with Crippen molar-refractivity contribution in [3.8, 4) is 0 Å². The Morgan fingerprint density at radius 3 is 2.22 bits per heavy atom. The van der Waals surface area contributed by atoms with E-state index >= 15 is 0 Å². The Morgan fingerprint density at radius 2 is 1.72 bits per heavy atom. The quantitative estimate of drug-likeness (QED) is 0.842. The largest absolute Gasteiger partial charge is 0.343 e.